The van der Waals surface area contributed by atoms with Gasteiger partial charge in [0.1, 0.15) is 5.75 Å². The first-order valence-corrected chi connectivity index (χ1v) is 9.04. The maximum absolute atomic E-state index is 12.1. The van der Waals surface area contributed by atoms with Crippen molar-refractivity contribution in [3.8, 4) is 5.75 Å². The summed E-state index contributed by atoms with van der Waals surface area (Å²) < 4.78 is 5.67. The van der Waals surface area contributed by atoms with E-state index in [1.54, 1.807) is 0 Å². The molecule has 2 aliphatic carbocycles. The highest BCUT2D eigenvalue weighted by atomic mass is 16.5. The molecule has 0 bridgehead atoms. The smallest absolute Gasteiger partial charge is 0.311 e. The van der Waals surface area contributed by atoms with Gasteiger partial charge in [-0.05, 0) is 61.1 Å². The maximum atomic E-state index is 12.1. The summed E-state index contributed by atoms with van der Waals surface area (Å²) in [6.45, 7) is 2.30. The Morgan fingerprint density at radius 3 is 2.86 bits per heavy atom. The molecule has 0 aliphatic heterocycles. The third kappa shape index (κ3) is 3.91. The molecule has 1 unspecified atom stereocenters. The second-order valence-corrected chi connectivity index (χ2v) is 7.26. The van der Waals surface area contributed by atoms with Crippen LogP contribution in [-0.4, -0.2) is 5.97 Å². The molecule has 0 N–H and O–H groups in total. The van der Waals surface area contributed by atoms with Crippen molar-refractivity contribution in [2.24, 2.45) is 11.8 Å². The summed E-state index contributed by atoms with van der Waals surface area (Å²) in [6, 6.07) is 6.17. The molecule has 2 nitrogen and oxygen atoms in total. The Morgan fingerprint density at radius 2 is 2.05 bits per heavy atom. The topological polar surface area (TPSA) is 26.3 Å². The first kappa shape index (κ1) is 15.6. The second kappa shape index (κ2) is 7.30. The second-order valence-electron chi connectivity index (χ2n) is 7.26. The van der Waals surface area contributed by atoms with Crippen molar-refractivity contribution in [3.05, 3.63) is 29.3 Å². The van der Waals surface area contributed by atoms with Crippen LogP contribution in [0.25, 0.3) is 0 Å². The van der Waals surface area contributed by atoms with Gasteiger partial charge in [-0.2, -0.15) is 0 Å². The van der Waals surface area contributed by atoms with E-state index in [4.69, 9.17) is 4.74 Å². The monoisotopic (exact) mass is 300 g/mol. The molecule has 2 aliphatic rings. The maximum Gasteiger partial charge on any atom is 0.311 e. The Morgan fingerprint density at radius 1 is 1.23 bits per heavy atom. The Labute approximate surface area is 134 Å². The average molecular weight is 300 g/mol. The van der Waals surface area contributed by atoms with Crippen molar-refractivity contribution in [2.75, 3.05) is 0 Å². The molecule has 3 rings (SSSR count). The van der Waals surface area contributed by atoms with E-state index < -0.39 is 0 Å². The lowest BCUT2D eigenvalue weighted by atomic mass is 9.84. The molecule has 0 heterocycles. The highest BCUT2D eigenvalue weighted by molar-refractivity contribution is 5.73. The molecule has 1 aromatic carbocycles. The SMILES string of the molecule is CC1CCc2c(cccc2OC(=O)CCCC2CCCC2)C1. The molecule has 0 aromatic heterocycles. The summed E-state index contributed by atoms with van der Waals surface area (Å²) in [7, 11) is 0. The Hall–Kier alpha value is -1.31. The summed E-state index contributed by atoms with van der Waals surface area (Å²) in [5.41, 5.74) is 2.64. The largest absolute Gasteiger partial charge is 0.426 e. The van der Waals surface area contributed by atoms with Crippen LogP contribution < -0.4 is 4.74 Å². The lowest BCUT2D eigenvalue weighted by Gasteiger charge is -2.23. The van der Waals surface area contributed by atoms with Crippen LogP contribution in [0.5, 0.6) is 5.75 Å². The number of esters is 1. The molecule has 0 radical (unpaired) electrons. The molecular formula is C20H28O2. The minimum atomic E-state index is -0.0509. The molecule has 0 saturated heterocycles. The fourth-order valence-corrected chi connectivity index (χ4v) is 4.06. The summed E-state index contributed by atoms with van der Waals surface area (Å²) in [6.07, 6.45) is 11.6. The number of ether oxygens (including phenoxy) is 1. The first-order chi connectivity index (χ1) is 10.7. The summed E-state index contributed by atoms with van der Waals surface area (Å²) in [4.78, 5) is 12.1. The molecule has 0 amide bonds. The summed E-state index contributed by atoms with van der Waals surface area (Å²) in [5, 5.41) is 0. The van der Waals surface area contributed by atoms with E-state index in [2.05, 4.69) is 13.0 Å². The summed E-state index contributed by atoms with van der Waals surface area (Å²) >= 11 is 0. The van der Waals surface area contributed by atoms with E-state index in [0.717, 1.165) is 36.8 Å². The molecule has 1 saturated carbocycles. The number of carbonyl (C=O) groups excluding carboxylic acids is 1. The van der Waals surface area contributed by atoms with Crippen molar-refractivity contribution in [1.82, 2.24) is 0 Å². The van der Waals surface area contributed by atoms with Crippen LogP contribution >= 0.6 is 0 Å². The van der Waals surface area contributed by atoms with Crippen LogP contribution in [0.1, 0.15) is 69.4 Å². The van der Waals surface area contributed by atoms with Gasteiger partial charge in [0.2, 0.25) is 0 Å². The van der Waals surface area contributed by atoms with Crippen molar-refractivity contribution in [1.29, 1.82) is 0 Å². The highest BCUT2D eigenvalue weighted by Gasteiger charge is 2.20. The molecule has 22 heavy (non-hydrogen) atoms. The van der Waals surface area contributed by atoms with Crippen LogP contribution in [0.15, 0.2) is 18.2 Å². The van der Waals surface area contributed by atoms with Crippen LogP contribution in [0.4, 0.5) is 0 Å². The third-order valence-electron chi connectivity index (χ3n) is 5.38. The predicted molar refractivity (Wildman–Crippen MR) is 89.1 cm³/mol. The molecule has 1 atom stereocenters. The van der Waals surface area contributed by atoms with E-state index in [1.165, 1.54) is 49.7 Å². The van der Waals surface area contributed by atoms with Gasteiger partial charge in [-0.3, -0.25) is 4.79 Å². The van der Waals surface area contributed by atoms with Gasteiger partial charge in [0.25, 0.3) is 0 Å². The molecule has 0 spiro atoms. The van der Waals surface area contributed by atoms with E-state index >= 15 is 0 Å². The molecular weight excluding hydrogens is 272 g/mol. The van der Waals surface area contributed by atoms with E-state index in [0.29, 0.717) is 6.42 Å². The van der Waals surface area contributed by atoms with Crippen LogP contribution in [0.2, 0.25) is 0 Å². The van der Waals surface area contributed by atoms with Crippen LogP contribution in [0, 0.1) is 11.8 Å². The zero-order chi connectivity index (χ0) is 15.4. The van der Waals surface area contributed by atoms with Crippen LogP contribution in [-0.2, 0) is 17.6 Å². The molecule has 2 heteroatoms. The fourth-order valence-electron chi connectivity index (χ4n) is 4.06. The molecule has 1 aromatic rings. The van der Waals surface area contributed by atoms with Gasteiger partial charge < -0.3 is 4.74 Å². The molecule has 120 valence electrons. The highest BCUT2D eigenvalue weighted by Crippen LogP contribution is 2.32. The van der Waals surface area contributed by atoms with E-state index in [9.17, 15) is 4.79 Å². The molecule has 1 fully saturated rings. The van der Waals surface area contributed by atoms with E-state index in [-0.39, 0.29) is 5.97 Å². The zero-order valence-corrected chi connectivity index (χ0v) is 13.8. The van der Waals surface area contributed by atoms with Crippen molar-refractivity contribution in [2.45, 2.75) is 71.1 Å². The number of fused-ring (bicyclic) bond motifs is 1. The Balaban J connectivity index is 1.52. The Kier molecular flexibility index (Phi) is 5.17. The number of hydrogen-bond donors (Lipinski definition) is 0. The fraction of sp³-hybridized carbons (Fsp3) is 0.650. The van der Waals surface area contributed by atoms with Gasteiger partial charge in [0.15, 0.2) is 0 Å². The Bertz CT molecular complexity index is 514. The van der Waals surface area contributed by atoms with Gasteiger partial charge >= 0.3 is 5.97 Å². The minimum Gasteiger partial charge on any atom is -0.426 e. The lowest BCUT2D eigenvalue weighted by molar-refractivity contribution is -0.134. The number of hydrogen-bond acceptors (Lipinski definition) is 2. The quantitative estimate of drug-likeness (QED) is 0.560. The first-order valence-electron chi connectivity index (χ1n) is 9.04. The lowest BCUT2D eigenvalue weighted by Crippen LogP contribution is -2.15. The van der Waals surface area contributed by atoms with Crippen LogP contribution in [0.3, 0.4) is 0 Å². The van der Waals surface area contributed by atoms with E-state index in [1.807, 2.05) is 12.1 Å². The van der Waals surface area contributed by atoms with Gasteiger partial charge in [-0.25, -0.2) is 0 Å². The summed E-state index contributed by atoms with van der Waals surface area (Å²) in [5.74, 6) is 2.36. The van der Waals surface area contributed by atoms with Gasteiger partial charge in [-0.1, -0.05) is 44.7 Å². The number of rotatable bonds is 5. The zero-order valence-electron chi connectivity index (χ0n) is 13.8. The van der Waals surface area contributed by atoms with Gasteiger partial charge in [0, 0.05) is 6.42 Å². The van der Waals surface area contributed by atoms with Gasteiger partial charge in [-0.15, -0.1) is 0 Å². The van der Waals surface area contributed by atoms with Gasteiger partial charge in [0.05, 0.1) is 0 Å². The third-order valence-corrected chi connectivity index (χ3v) is 5.38. The predicted octanol–water partition coefficient (Wildman–Crippen LogP) is 5.08. The standard InChI is InChI=1S/C20H28O2/c1-15-12-13-18-17(14-15)9-5-10-19(18)22-20(21)11-4-8-16-6-2-3-7-16/h5,9-10,15-16H,2-4,6-8,11-14H2,1H3. The minimum absolute atomic E-state index is 0.0509. The normalized spacial score (nSPS) is 21.6. The van der Waals surface area contributed by atoms with Crippen molar-refractivity contribution >= 4 is 5.97 Å². The number of benzene rings is 1. The van der Waals surface area contributed by atoms with Crippen molar-refractivity contribution in [3.63, 3.8) is 0 Å². The number of carbonyl (C=O) groups is 1. The average Bonchev–Trinajstić information content (AvgIpc) is 3.00. The van der Waals surface area contributed by atoms with Crippen molar-refractivity contribution < 1.29 is 9.53 Å².